The van der Waals surface area contributed by atoms with Crippen molar-refractivity contribution in [3.63, 3.8) is 0 Å². The molecule has 1 fully saturated rings. The van der Waals surface area contributed by atoms with E-state index in [9.17, 15) is 9.59 Å². The molecule has 1 aliphatic carbocycles. The van der Waals surface area contributed by atoms with E-state index in [4.69, 9.17) is 4.74 Å². The first kappa shape index (κ1) is 10.8. The second-order valence-corrected chi connectivity index (χ2v) is 2.28. The molecule has 10 heavy (non-hydrogen) atoms. The molecular formula is C6H9KO3. The zero-order valence-corrected chi connectivity index (χ0v) is 5.22. The van der Waals surface area contributed by atoms with Crippen molar-refractivity contribution < 1.29 is 14.3 Å². The van der Waals surface area contributed by atoms with E-state index in [2.05, 4.69) is 0 Å². The topological polar surface area (TPSA) is 43.4 Å². The number of rotatable bonds is 2. The number of esters is 1. The fraction of sp³-hybridized carbons (Fsp3) is 0.667. The van der Waals surface area contributed by atoms with Crippen molar-refractivity contribution in [2.24, 2.45) is 0 Å². The van der Waals surface area contributed by atoms with Crippen LogP contribution in [-0.2, 0) is 14.3 Å². The molecule has 1 saturated carbocycles. The number of aldehydes is 1. The molecule has 0 aliphatic heterocycles. The summed E-state index contributed by atoms with van der Waals surface area (Å²) in [5.74, 6) is -0.375. The predicted octanol–water partition coefficient (Wildman–Crippen LogP) is -0.368. The van der Waals surface area contributed by atoms with E-state index in [1.165, 1.54) is 6.92 Å². The van der Waals surface area contributed by atoms with Gasteiger partial charge in [0, 0.05) is 6.92 Å². The number of carbonyl (C=O) groups excluding carboxylic acids is 2. The average Bonchev–Trinajstić information content (AvgIpc) is 2.48. The molecule has 0 bridgehead atoms. The summed E-state index contributed by atoms with van der Waals surface area (Å²) < 4.78 is 4.69. The van der Waals surface area contributed by atoms with Crippen molar-refractivity contribution in [1.29, 1.82) is 0 Å². The fourth-order valence-electron chi connectivity index (χ4n) is 0.653. The number of ether oxygens (including phenoxy) is 1. The van der Waals surface area contributed by atoms with Gasteiger partial charge >= 0.3 is 57.4 Å². The second-order valence-electron chi connectivity index (χ2n) is 2.28. The molecule has 0 amide bonds. The van der Waals surface area contributed by atoms with E-state index in [1.807, 2.05) is 0 Å². The third-order valence-electron chi connectivity index (χ3n) is 1.30. The third kappa shape index (κ3) is 2.80. The molecule has 0 saturated heterocycles. The van der Waals surface area contributed by atoms with Gasteiger partial charge in [-0.25, -0.2) is 0 Å². The molecular weight excluding hydrogens is 159 g/mol. The monoisotopic (exact) mass is 168 g/mol. The van der Waals surface area contributed by atoms with Crippen molar-refractivity contribution in [1.82, 2.24) is 0 Å². The molecule has 3 nitrogen and oxygen atoms in total. The Morgan fingerprint density at radius 3 is 2.20 bits per heavy atom. The van der Waals surface area contributed by atoms with Crippen molar-refractivity contribution in [3.8, 4) is 0 Å². The van der Waals surface area contributed by atoms with Crippen LogP contribution in [0.1, 0.15) is 19.8 Å². The van der Waals surface area contributed by atoms with Crippen LogP contribution in [0.4, 0.5) is 0 Å². The summed E-state index contributed by atoms with van der Waals surface area (Å²) in [5, 5.41) is 0. The maximum absolute atomic E-state index is 10.3. The van der Waals surface area contributed by atoms with E-state index >= 15 is 0 Å². The van der Waals surface area contributed by atoms with E-state index in [0.717, 1.165) is 0 Å². The molecule has 0 heterocycles. The molecule has 0 unspecified atom stereocenters. The van der Waals surface area contributed by atoms with Gasteiger partial charge in [0.15, 0.2) is 11.9 Å². The molecule has 0 aromatic heterocycles. The van der Waals surface area contributed by atoms with Gasteiger partial charge in [-0.3, -0.25) is 9.59 Å². The van der Waals surface area contributed by atoms with Crippen molar-refractivity contribution >= 4 is 63.6 Å². The Kier molecular flexibility index (Phi) is 4.28. The zero-order valence-electron chi connectivity index (χ0n) is 5.22. The van der Waals surface area contributed by atoms with E-state index in [-0.39, 0.29) is 57.4 Å². The maximum atomic E-state index is 10.3. The second kappa shape index (κ2) is 3.97. The fourth-order valence-corrected chi connectivity index (χ4v) is 0.653. The van der Waals surface area contributed by atoms with E-state index in [0.29, 0.717) is 19.1 Å². The van der Waals surface area contributed by atoms with Gasteiger partial charge in [0.25, 0.3) is 0 Å². The molecule has 52 valence electrons. The summed E-state index contributed by atoms with van der Waals surface area (Å²) >= 11 is 0. The van der Waals surface area contributed by atoms with Crippen LogP contribution < -0.4 is 0 Å². The Bertz CT molecular complexity index is 151. The first-order valence-corrected chi connectivity index (χ1v) is 2.84. The Morgan fingerprint density at radius 2 is 2.10 bits per heavy atom. The molecule has 0 aromatic carbocycles. The van der Waals surface area contributed by atoms with Gasteiger partial charge in [-0.2, -0.15) is 0 Å². The summed E-state index contributed by atoms with van der Waals surface area (Å²) in [5.41, 5.74) is -0.716. The normalized spacial score (nSPS) is 18.5. The van der Waals surface area contributed by atoms with E-state index in [1.54, 1.807) is 0 Å². The first-order valence-electron chi connectivity index (χ1n) is 2.84. The zero-order chi connectivity index (χ0) is 6.91. The van der Waals surface area contributed by atoms with Crippen LogP contribution in [0.25, 0.3) is 0 Å². The van der Waals surface area contributed by atoms with Crippen LogP contribution in [0.3, 0.4) is 0 Å². The number of hydrogen-bond acceptors (Lipinski definition) is 3. The molecule has 4 heteroatoms. The summed E-state index contributed by atoms with van der Waals surface area (Å²) in [6.07, 6.45) is 2.08. The Hall–Kier alpha value is 0.776. The minimum absolute atomic E-state index is 0. The Morgan fingerprint density at radius 1 is 1.60 bits per heavy atom. The summed E-state index contributed by atoms with van der Waals surface area (Å²) in [7, 11) is 0. The third-order valence-corrected chi connectivity index (χ3v) is 1.30. The van der Waals surface area contributed by atoms with Gasteiger partial charge in [0.2, 0.25) is 0 Å². The van der Waals surface area contributed by atoms with Crippen LogP contribution in [0.5, 0.6) is 0 Å². The molecule has 0 spiro atoms. The van der Waals surface area contributed by atoms with Gasteiger partial charge in [-0.15, -0.1) is 0 Å². The van der Waals surface area contributed by atoms with Crippen LogP contribution >= 0.6 is 0 Å². The van der Waals surface area contributed by atoms with Gasteiger partial charge in [-0.05, 0) is 12.8 Å². The van der Waals surface area contributed by atoms with Crippen LogP contribution in [0, 0.1) is 0 Å². The Labute approximate surface area is 102 Å². The van der Waals surface area contributed by atoms with Crippen LogP contribution in [0.15, 0.2) is 0 Å². The molecule has 0 N–H and O–H groups in total. The molecule has 0 radical (unpaired) electrons. The molecule has 0 atom stereocenters. The molecule has 1 rings (SSSR count). The summed E-state index contributed by atoms with van der Waals surface area (Å²) in [6.45, 7) is 1.31. The van der Waals surface area contributed by atoms with Gasteiger partial charge in [0.1, 0.15) is 0 Å². The van der Waals surface area contributed by atoms with Crippen molar-refractivity contribution in [2.75, 3.05) is 0 Å². The number of carbonyl (C=O) groups is 2. The predicted molar refractivity (Wildman–Crippen MR) is 36.9 cm³/mol. The summed E-state index contributed by atoms with van der Waals surface area (Å²) in [4.78, 5) is 20.4. The number of hydrogen-bond donors (Lipinski definition) is 0. The SMILES string of the molecule is CC(=O)OC1(C=O)CC1.[KH]. The van der Waals surface area contributed by atoms with Gasteiger partial charge in [0.05, 0.1) is 0 Å². The average molecular weight is 168 g/mol. The molecule has 1 aliphatic rings. The van der Waals surface area contributed by atoms with Gasteiger partial charge in [-0.1, -0.05) is 0 Å². The molecule has 0 aromatic rings. The Balaban J connectivity index is 0.000000810. The van der Waals surface area contributed by atoms with Crippen molar-refractivity contribution in [2.45, 2.75) is 25.4 Å². The first-order chi connectivity index (χ1) is 4.18. The van der Waals surface area contributed by atoms with Gasteiger partial charge < -0.3 is 4.74 Å². The van der Waals surface area contributed by atoms with Crippen molar-refractivity contribution in [3.05, 3.63) is 0 Å². The van der Waals surface area contributed by atoms with E-state index < -0.39 is 5.60 Å². The van der Waals surface area contributed by atoms with Crippen LogP contribution in [-0.4, -0.2) is 69.2 Å². The minimum atomic E-state index is -0.716. The summed E-state index contributed by atoms with van der Waals surface area (Å²) in [6, 6.07) is 0. The standard InChI is InChI=1S/C6H8O3.K.H/c1-5(8)9-6(4-7)2-3-6;;/h4H,2-3H2,1H3;;. The quantitative estimate of drug-likeness (QED) is 0.321. The van der Waals surface area contributed by atoms with Crippen LogP contribution in [0.2, 0.25) is 0 Å².